The van der Waals surface area contributed by atoms with E-state index in [2.05, 4.69) is 16.0 Å². The van der Waals surface area contributed by atoms with Gasteiger partial charge in [-0.25, -0.2) is 4.39 Å². The average molecular weight is 466 g/mol. The van der Waals surface area contributed by atoms with Crippen molar-refractivity contribution in [2.75, 3.05) is 5.32 Å². The first-order valence-corrected chi connectivity index (χ1v) is 9.06. The van der Waals surface area contributed by atoms with Crippen LogP contribution < -0.4 is 16.0 Å². The summed E-state index contributed by atoms with van der Waals surface area (Å²) in [6.07, 6.45) is -1.33. The quantitative estimate of drug-likeness (QED) is 0.202. The van der Waals surface area contributed by atoms with Gasteiger partial charge in [0.2, 0.25) is 3.79 Å². The molecular formula is C16H12Cl3FN4O3S. The fourth-order valence-corrected chi connectivity index (χ4v) is 2.63. The molecule has 1 unspecified atom stereocenters. The molecule has 0 aromatic heterocycles. The molecule has 0 fully saturated rings. The largest absolute Gasteiger partial charge is 0.339 e. The number of carbonyl (C=O) groups excluding carboxylic acids is 1. The fourth-order valence-electron chi connectivity index (χ4n) is 2.06. The minimum absolute atomic E-state index is 0.0363. The Morgan fingerprint density at radius 2 is 1.71 bits per heavy atom. The van der Waals surface area contributed by atoms with Crippen molar-refractivity contribution in [1.82, 2.24) is 10.6 Å². The highest BCUT2D eigenvalue weighted by molar-refractivity contribution is 7.80. The lowest BCUT2D eigenvalue weighted by Crippen LogP contribution is -2.56. The number of hydrogen-bond acceptors (Lipinski definition) is 4. The van der Waals surface area contributed by atoms with Crippen molar-refractivity contribution in [1.29, 1.82) is 0 Å². The summed E-state index contributed by atoms with van der Waals surface area (Å²) in [6.45, 7) is 0. The van der Waals surface area contributed by atoms with Crippen molar-refractivity contribution in [2.24, 2.45) is 0 Å². The second kappa shape index (κ2) is 9.33. The molecule has 12 heteroatoms. The van der Waals surface area contributed by atoms with Crippen LogP contribution in [-0.4, -0.2) is 25.9 Å². The first-order chi connectivity index (χ1) is 13.1. The number of benzene rings is 2. The minimum Gasteiger partial charge on any atom is -0.339 e. The van der Waals surface area contributed by atoms with Gasteiger partial charge in [-0.05, 0) is 42.5 Å². The van der Waals surface area contributed by atoms with Gasteiger partial charge < -0.3 is 16.0 Å². The van der Waals surface area contributed by atoms with Gasteiger partial charge in [0.15, 0.2) is 5.11 Å². The van der Waals surface area contributed by atoms with E-state index in [1.807, 2.05) is 0 Å². The van der Waals surface area contributed by atoms with Gasteiger partial charge in [-0.3, -0.25) is 14.9 Å². The molecular weight excluding hydrogens is 454 g/mol. The fraction of sp³-hybridized carbons (Fsp3) is 0.125. The zero-order valence-corrected chi connectivity index (χ0v) is 16.9. The van der Waals surface area contributed by atoms with Crippen LogP contribution in [0.4, 0.5) is 15.8 Å². The van der Waals surface area contributed by atoms with Gasteiger partial charge in [0.25, 0.3) is 11.6 Å². The summed E-state index contributed by atoms with van der Waals surface area (Å²) in [4.78, 5) is 22.9. The van der Waals surface area contributed by atoms with E-state index in [0.29, 0.717) is 5.69 Å². The van der Waals surface area contributed by atoms with E-state index in [1.165, 1.54) is 48.5 Å². The number of nitrogens with one attached hydrogen (secondary N) is 3. The molecule has 0 aliphatic heterocycles. The Bertz CT molecular complexity index is 893. The Labute approximate surface area is 179 Å². The molecule has 2 rings (SSSR count). The standard InChI is InChI=1S/C16H12Cl3FN4O3S/c17-16(18,19)14(23-15(28)21-10-7-5-9(20)6-8-10)22-13(25)11-3-1-2-4-12(11)24(26)27/h1-8,14H,(H,22,25)(H2,21,23,28). The Hall–Kier alpha value is -2.20. The van der Waals surface area contributed by atoms with Crippen molar-refractivity contribution >= 4 is 69.4 Å². The number of nitrogens with zero attached hydrogens (tertiary/aromatic N) is 1. The zero-order chi connectivity index (χ0) is 20.9. The summed E-state index contributed by atoms with van der Waals surface area (Å²) >= 11 is 22.8. The second-order valence-electron chi connectivity index (χ2n) is 5.33. The van der Waals surface area contributed by atoms with Gasteiger partial charge in [0.05, 0.1) is 4.92 Å². The number of rotatable bonds is 5. The molecule has 2 aromatic rings. The van der Waals surface area contributed by atoms with Crippen LogP contribution in [0.1, 0.15) is 10.4 Å². The van der Waals surface area contributed by atoms with Gasteiger partial charge in [-0.15, -0.1) is 0 Å². The number of thiocarbonyl (C=S) groups is 1. The lowest BCUT2D eigenvalue weighted by molar-refractivity contribution is -0.385. The maximum atomic E-state index is 13.0. The van der Waals surface area contributed by atoms with Crippen molar-refractivity contribution in [2.45, 2.75) is 9.96 Å². The summed E-state index contributed by atoms with van der Waals surface area (Å²) in [5.41, 5.74) is -0.173. The van der Waals surface area contributed by atoms with E-state index in [1.54, 1.807) is 0 Å². The van der Waals surface area contributed by atoms with Crippen molar-refractivity contribution in [3.05, 3.63) is 70.0 Å². The van der Waals surface area contributed by atoms with E-state index in [0.717, 1.165) is 0 Å². The number of nitro benzene ring substituents is 1. The number of carbonyl (C=O) groups is 1. The van der Waals surface area contributed by atoms with Crippen molar-refractivity contribution in [3.8, 4) is 0 Å². The molecule has 0 spiro atoms. The summed E-state index contributed by atoms with van der Waals surface area (Å²) in [6, 6.07) is 10.6. The van der Waals surface area contributed by atoms with E-state index >= 15 is 0 Å². The molecule has 0 saturated heterocycles. The molecule has 3 N–H and O–H groups in total. The van der Waals surface area contributed by atoms with Crippen molar-refractivity contribution < 1.29 is 14.1 Å². The van der Waals surface area contributed by atoms with Gasteiger partial charge in [0.1, 0.15) is 17.5 Å². The van der Waals surface area contributed by atoms with Crippen LogP contribution in [0.5, 0.6) is 0 Å². The van der Waals surface area contributed by atoms with Crippen LogP contribution in [0.25, 0.3) is 0 Å². The highest BCUT2D eigenvalue weighted by Gasteiger charge is 2.36. The maximum absolute atomic E-state index is 13.0. The molecule has 0 radical (unpaired) electrons. The Kier molecular flexibility index (Phi) is 7.36. The maximum Gasteiger partial charge on any atom is 0.282 e. The van der Waals surface area contributed by atoms with Crippen LogP contribution in [0, 0.1) is 15.9 Å². The van der Waals surface area contributed by atoms with Gasteiger partial charge in [-0.2, -0.15) is 0 Å². The molecule has 0 saturated carbocycles. The van der Waals surface area contributed by atoms with Crippen LogP contribution in [0.3, 0.4) is 0 Å². The Balaban J connectivity index is 2.14. The normalized spacial score (nSPS) is 12.0. The molecule has 0 aliphatic carbocycles. The summed E-state index contributed by atoms with van der Waals surface area (Å²) in [5.74, 6) is -1.28. The molecule has 1 amide bonds. The van der Waals surface area contributed by atoms with E-state index in [-0.39, 0.29) is 10.7 Å². The van der Waals surface area contributed by atoms with E-state index < -0.39 is 32.3 Å². The van der Waals surface area contributed by atoms with Gasteiger partial charge >= 0.3 is 0 Å². The smallest absolute Gasteiger partial charge is 0.282 e. The van der Waals surface area contributed by atoms with Gasteiger partial charge in [0, 0.05) is 11.8 Å². The minimum atomic E-state index is -2.05. The van der Waals surface area contributed by atoms with E-state index in [4.69, 9.17) is 47.0 Å². The molecule has 0 bridgehead atoms. The van der Waals surface area contributed by atoms with Gasteiger partial charge in [-0.1, -0.05) is 46.9 Å². The Morgan fingerprint density at radius 3 is 2.29 bits per heavy atom. The number of alkyl halides is 3. The van der Waals surface area contributed by atoms with E-state index in [9.17, 15) is 19.3 Å². The number of amides is 1. The predicted molar refractivity (Wildman–Crippen MR) is 110 cm³/mol. The molecule has 0 aliphatic rings. The SMILES string of the molecule is O=C(NC(NC(=S)Nc1ccc(F)cc1)C(Cl)(Cl)Cl)c1ccccc1[N+](=O)[O-]. The summed E-state index contributed by atoms with van der Waals surface area (Å²) in [7, 11) is 0. The Morgan fingerprint density at radius 1 is 1.11 bits per heavy atom. The third kappa shape index (κ3) is 6.16. The highest BCUT2D eigenvalue weighted by atomic mass is 35.6. The molecule has 1 atom stereocenters. The zero-order valence-electron chi connectivity index (χ0n) is 13.8. The van der Waals surface area contributed by atoms with Crippen LogP contribution >= 0.6 is 47.0 Å². The summed E-state index contributed by atoms with van der Waals surface area (Å²) in [5, 5.41) is 18.7. The molecule has 0 heterocycles. The lowest BCUT2D eigenvalue weighted by Gasteiger charge is -2.27. The lowest BCUT2D eigenvalue weighted by atomic mass is 10.1. The molecule has 7 nitrogen and oxygen atoms in total. The van der Waals surface area contributed by atoms with Crippen LogP contribution in [0.15, 0.2) is 48.5 Å². The monoisotopic (exact) mass is 464 g/mol. The van der Waals surface area contributed by atoms with Crippen LogP contribution in [-0.2, 0) is 0 Å². The highest BCUT2D eigenvalue weighted by Crippen LogP contribution is 2.30. The summed E-state index contributed by atoms with van der Waals surface area (Å²) < 4.78 is 10.9. The third-order valence-electron chi connectivity index (χ3n) is 3.33. The van der Waals surface area contributed by atoms with Crippen LogP contribution in [0.2, 0.25) is 0 Å². The topological polar surface area (TPSA) is 96.3 Å². The number of nitro groups is 1. The molecule has 148 valence electrons. The number of para-hydroxylation sites is 1. The van der Waals surface area contributed by atoms with Crippen molar-refractivity contribution in [3.63, 3.8) is 0 Å². The average Bonchev–Trinajstić information content (AvgIpc) is 2.62. The number of hydrogen-bond donors (Lipinski definition) is 3. The predicted octanol–water partition coefficient (Wildman–Crippen LogP) is 4.15. The molecule has 28 heavy (non-hydrogen) atoms. The number of halogens is 4. The second-order valence-corrected chi connectivity index (χ2v) is 8.10. The first-order valence-electron chi connectivity index (χ1n) is 7.52. The number of anilines is 1. The first kappa shape index (κ1) is 22.1. The third-order valence-corrected chi connectivity index (χ3v) is 4.20. The molecule has 2 aromatic carbocycles.